The molecule has 2 unspecified atom stereocenters. The molecule has 1 aromatic carbocycles. The standard InChI is InChI=1S/C15H25NO4S/c1-11(21(5)17)8-9-16-10-12-6-7-13(18-2)15(20-4)14(12)19-3/h6-7,11,16H,8-10H2,1-5H3. The highest BCUT2D eigenvalue weighted by Gasteiger charge is 2.15. The van der Waals surface area contributed by atoms with Crippen LogP contribution in [0.3, 0.4) is 0 Å². The Bertz CT molecular complexity index is 479. The third kappa shape index (κ3) is 4.89. The zero-order valence-corrected chi connectivity index (χ0v) is 14.2. The van der Waals surface area contributed by atoms with Crippen LogP contribution in [0.25, 0.3) is 0 Å². The predicted molar refractivity (Wildman–Crippen MR) is 86.0 cm³/mol. The maximum absolute atomic E-state index is 11.3. The molecule has 0 aliphatic heterocycles. The largest absolute Gasteiger partial charge is 0.493 e. The van der Waals surface area contributed by atoms with E-state index < -0.39 is 10.8 Å². The molecular weight excluding hydrogens is 290 g/mol. The molecule has 0 aliphatic rings. The van der Waals surface area contributed by atoms with Crippen molar-refractivity contribution in [2.24, 2.45) is 0 Å². The van der Waals surface area contributed by atoms with Gasteiger partial charge in [0.15, 0.2) is 11.5 Å². The van der Waals surface area contributed by atoms with Crippen molar-refractivity contribution in [3.8, 4) is 17.2 Å². The second-order valence-corrected chi connectivity index (χ2v) is 6.57. The first kappa shape index (κ1) is 17.8. The summed E-state index contributed by atoms with van der Waals surface area (Å²) < 4.78 is 27.3. The van der Waals surface area contributed by atoms with Gasteiger partial charge in [-0.3, -0.25) is 4.21 Å². The number of benzene rings is 1. The van der Waals surface area contributed by atoms with Crippen molar-refractivity contribution in [3.63, 3.8) is 0 Å². The lowest BCUT2D eigenvalue weighted by atomic mass is 10.1. The van der Waals surface area contributed by atoms with Gasteiger partial charge in [0.05, 0.1) is 21.3 Å². The first-order valence-electron chi connectivity index (χ1n) is 6.85. The van der Waals surface area contributed by atoms with Gasteiger partial charge < -0.3 is 19.5 Å². The number of methoxy groups -OCH3 is 3. The van der Waals surface area contributed by atoms with Crippen molar-refractivity contribution in [2.45, 2.75) is 25.1 Å². The molecule has 0 fully saturated rings. The van der Waals surface area contributed by atoms with E-state index >= 15 is 0 Å². The van der Waals surface area contributed by atoms with Gasteiger partial charge in [0.1, 0.15) is 0 Å². The monoisotopic (exact) mass is 315 g/mol. The van der Waals surface area contributed by atoms with Gasteiger partial charge in [-0.1, -0.05) is 13.0 Å². The van der Waals surface area contributed by atoms with Crippen molar-refractivity contribution < 1.29 is 18.4 Å². The summed E-state index contributed by atoms with van der Waals surface area (Å²) in [5.41, 5.74) is 1.00. The Morgan fingerprint density at radius 2 is 1.81 bits per heavy atom. The highest BCUT2D eigenvalue weighted by atomic mass is 32.2. The van der Waals surface area contributed by atoms with Crippen LogP contribution in [0.1, 0.15) is 18.9 Å². The fourth-order valence-electron chi connectivity index (χ4n) is 2.00. The molecule has 0 heterocycles. The van der Waals surface area contributed by atoms with E-state index in [0.29, 0.717) is 23.8 Å². The number of rotatable bonds is 9. The van der Waals surface area contributed by atoms with Crippen LogP contribution < -0.4 is 19.5 Å². The molecule has 21 heavy (non-hydrogen) atoms. The molecule has 6 heteroatoms. The molecular formula is C15H25NO4S. The summed E-state index contributed by atoms with van der Waals surface area (Å²) in [5, 5.41) is 3.54. The van der Waals surface area contributed by atoms with Gasteiger partial charge in [-0.2, -0.15) is 0 Å². The molecule has 0 bridgehead atoms. The Hall–Kier alpha value is -1.27. The van der Waals surface area contributed by atoms with E-state index in [4.69, 9.17) is 14.2 Å². The fourth-order valence-corrected chi connectivity index (χ4v) is 2.45. The van der Waals surface area contributed by atoms with Crippen LogP contribution in [0.4, 0.5) is 0 Å². The van der Waals surface area contributed by atoms with E-state index in [2.05, 4.69) is 5.32 Å². The zero-order chi connectivity index (χ0) is 15.8. The van der Waals surface area contributed by atoms with Crippen molar-refractivity contribution in [1.29, 1.82) is 0 Å². The Morgan fingerprint density at radius 3 is 2.33 bits per heavy atom. The lowest BCUT2D eigenvalue weighted by Crippen LogP contribution is -2.21. The van der Waals surface area contributed by atoms with Crippen LogP contribution in [-0.2, 0) is 17.3 Å². The molecule has 0 saturated heterocycles. The summed E-state index contributed by atoms with van der Waals surface area (Å²) in [6.45, 7) is 3.46. The molecule has 0 spiro atoms. The summed E-state index contributed by atoms with van der Waals surface area (Å²) in [5.74, 6) is 1.92. The minimum atomic E-state index is -0.775. The highest BCUT2D eigenvalue weighted by Crippen LogP contribution is 2.39. The Labute approximate surface area is 129 Å². The molecule has 5 nitrogen and oxygen atoms in total. The predicted octanol–water partition coefficient (Wildman–Crippen LogP) is 1.96. The first-order chi connectivity index (χ1) is 10.0. The van der Waals surface area contributed by atoms with Gasteiger partial charge in [-0.05, 0) is 19.0 Å². The lowest BCUT2D eigenvalue weighted by molar-refractivity contribution is 0.321. The Kier molecular flexibility index (Phi) is 7.53. The number of ether oxygens (including phenoxy) is 3. The van der Waals surface area contributed by atoms with Gasteiger partial charge in [-0.15, -0.1) is 0 Å². The summed E-state index contributed by atoms with van der Waals surface area (Å²) in [7, 11) is 4.03. The normalized spacial score (nSPS) is 13.6. The van der Waals surface area contributed by atoms with Crippen molar-refractivity contribution in [3.05, 3.63) is 17.7 Å². The SMILES string of the molecule is COc1ccc(CNCCC(C)S(C)=O)c(OC)c1OC. The van der Waals surface area contributed by atoms with Crippen molar-refractivity contribution in [2.75, 3.05) is 34.1 Å². The van der Waals surface area contributed by atoms with Crippen LogP contribution in [0.15, 0.2) is 12.1 Å². The lowest BCUT2D eigenvalue weighted by Gasteiger charge is -2.16. The third-order valence-electron chi connectivity index (χ3n) is 3.40. The van der Waals surface area contributed by atoms with E-state index in [1.165, 1.54) is 0 Å². The van der Waals surface area contributed by atoms with Crippen LogP contribution in [0, 0.1) is 0 Å². The average molecular weight is 315 g/mol. The van der Waals surface area contributed by atoms with E-state index in [1.54, 1.807) is 27.6 Å². The van der Waals surface area contributed by atoms with Crippen molar-refractivity contribution >= 4 is 10.8 Å². The summed E-state index contributed by atoms with van der Waals surface area (Å²) >= 11 is 0. The Morgan fingerprint density at radius 1 is 1.14 bits per heavy atom. The number of nitrogens with one attached hydrogen (secondary N) is 1. The molecule has 1 rings (SSSR count). The maximum atomic E-state index is 11.3. The molecule has 0 aliphatic carbocycles. The molecule has 1 N–H and O–H groups in total. The van der Waals surface area contributed by atoms with Gasteiger partial charge in [0.2, 0.25) is 5.75 Å². The third-order valence-corrected chi connectivity index (χ3v) is 4.76. The van der Waals surface area contributed by atoms with Crippen molar-refractivity contribution in [1.82, 2.24) is 5.32 Å². The topological polar surface area (TPSA) is 56.8 Å². The van der Waals surface area contributed by atoms with Crippen LogP contribution in [0.5, 0.6) is 17.2 Å². The smallest absolute Gasteiger partial charge is 0.203 e. The first-order valence-corrected chi connectivity index (χ1v) is 8.48. The zero-order valence-electron chi connectivity index (χ0n) is 13.4. The van der Waals surface area contributed by atoms with Gasteiger partial charge >= 0.3 is 0 Å². The minimum Gasteiger partial charge on any atom is -0.493 e. The Balaban J connectivity index is 2.69. The quantitative estimate of drug-likeness (QED) is 0.706. The fraction of sp³-hybridized carbons (Fsp3) is 0.600. The van der Waals surface area contributed by atoms with E-state index in [0.717, 1.165) is 18.5 Å². The van der Waals surface area contributed by atoms with Gasteiger partial charge in [0.25, 0.3) is 0 Å². The number of hydrogen-bond donors (Lipinski definition) is 1. The van der Waals surface area contributed by atoms with Crippen LogP contribution >= 0.6 is 0 Å². The number of hydrogen-bond acceptors (Lipinski definition) is 5. The maximum Gasteiger partial charge on any atom is 0.203 e. The van der Waals surface area contributed by atoms with E-state index in [-0.39, 0.29) is 5.25 Å². The van der Waals surface area contributed by atoms with Crippen LogP contribution in [-0.4, -0.2) is 43.6 Å². The molecule has 2 atom stereocenters. The van der Waals surface area contributed by atoms with E-state index in [9.17, 15) is 4.21 Å². The van der Waals surface area contributed by atoms with Gasteiger partial charge in [0, 0.05) is 34.4 Å². The van der Waals surface area contributed by atoms with Crippen LogP contribution in [0.2, 0.25) is 0 Å². The molecule has 120 valence electrons. The summed E-state index contributed by atoms with van der Waals surface area (Å²) in [4.78, 5) is 0. The molecule has 0 aromatic heterocycles. The highest BCUT2D eigenvalue weighted by molar-refractivity contribution is 7.84. The molecule has 0 saturated carbocycles. The summed E-state index contributed by atoms with van der Waals surface area (Å²) in [6, 6.07) is 3.82. The molecule has 0 amide bonds. The molecule has 0 radical (unpaired) electrons. The molecule has 1 aromatic rings. The summed E-state index contributed by atoms with van der Waals surface area (Å²) in [6.07, 6.45) is 2.61. The average Bonchev–Trinajstić information content (AvgIpc) is 2.49. The minimum absolute atomic E-state index is 0.199. The van der Waals surface area contributed by atoms with Gasteiger partial charge in [-0.25, -0.2) is 0 Å². The second-order valence-electron chi connectivity index (χ2n) is 4.77. The second kappa shape index (κ2) is 8.89. The van der Waals surface area contributed by atoms with E-state index in [1.807, 2.05) is 19.1 Å².